The molecule has 0 radical (unpaired) electrons. The molecule has 21 heavy (non-hydrogen) atoms. The first-order valence-corrected chi connectivity index (χ1v) is 6.80. The average molecular weight is 288 g/mol. The molecule has 5 heteroatoms. The van der Waals surface area contributed by atoms with Gasteiger partial charge in [0, 0.05) is 18.9 Å². The number of terminal acetylenes is 1. The molecule has 2 unspecified atom stereocenters. The van der Waals surface area contributed by atoms with Crippen molar-refractivity contribution < 1.29 is 14.7 Å². The van der Waals surface area contributed by atoms with Crippen LogP contribution in [0.1, 0.15) is 37.8 Å². The van der Waals surface area contributed by atoms with E-state index in [0.717, 1.165) is 5.56 Å². The van der Waals surface area contributed by atoms with Gasteiger partial charge in [0.2, 0.25) is 0 Å². The number of hydrogen-bond acceptors (Lipinski definition) is 2. The number of carboxylic acid groups (broad SMARTS) is 1. The normalized spacial score (nSPS) is 12.8. The van der Waals surface area contributed by atoms with Crippen molar-refractivity contribution in [1.82, 2.24) is 10.6 Å². The summed E-state index contributed by atoms with van der Waals surface area (Å²) in [5.41, 5.74) is 0.874. The molecular weight excluding hydrogens is 268 g/mol. The molecular formula is C16H20N2O3. The van der Waals surface area contributed by atoms with Crippen molar-refractivity contribution >= 4 is 12.0 Å². The number of hydrogen-bond donors (Lipinski definition) is 3. The van der Waals surface area contributed by atoms with Crippen molar-refractivity contribution in [3.63, 3.8) is 0 Å². The van der Waals surface area contributed by atoms with Crippen molar-refractivity contribution in [2.45, 2.75) is 38.3 Å². The molecule has 1 aromatic carbocycles. The summed E-state index contributed by atoms with van der Waals surface area (Å²) < 4.78 is 0. The Kier molecular flexibility index (Phi) is 6.82. The summed E-state index contributed by atoms with van der Waals surface area (Å²) >= 11 is 0. The number of nitrogens with one attached hydrogen (secondary N) is 2. The lowest BCUT2D eigenvalue weighted by atomic mass is 10.0. The quantitative estimate of drug-likeness (QED) is 0.674. The zero-order valence-corrected chi connectivity index (χ0v) is 12.0. The molecule has 0 aromatic heterocycles. The monoisotopic (exact) mass is 288 g/mol. The number of amides is 2. The van der Waals surface area contributed by atoms with E-state index in [0.29, 0.717) is 12.8 Å². The standard InChI is InChI=1S/C16H20N2O3/c1-3-7-12(2)17-16(21)18-14(10-11-15(19)20)13-8-5-4-6-9-13/h1,4-6,8-9,12,14H,7,10-11H2,2H3,(H,19,20)(H2,17,18,21). The second kappa shape index (κ2) is 8.64. The highest BCUT2D eigenvalue weighted by atomic mass is 16.4. The topological polar surface area (TPSA) is 78.4 Å². The number of carboxylic acids is 1. The molecule has 5 nitrogen and oxygen atoms in total. The van der Waals surface area contributed by atoms with Gasteiger partial charge in [0.15, 0.2) is 0 Å². The highest BCUT2D eigenvalue weighted by Gasteiger charge is 2.16. The molecule has 0 bridgehead atoms. The lowest BCUT2D eigenvalue weighted by Gasteiger charge is -2.20. The van der Waals surface area contributed by atoms with Crippen LogP contribution in [0, 0.1) is 12.3 Å². The molecule has 0 saturated heterocycles. The number of carbonyl (C=O) groups is 2. The van der Waals surface area contributed by atoms with Gasteiger partial charge in [0.25, 0.3) is 0 Å². The van der Waals surface area contributed by atoms with Gasteiger partial charge in [-0.15, -0.1) is 12.3 Å². The Morgan fingerprint density at radius 2 is 1.95 bits per heavy atom. The van der Waals surface area contributed by atoms with Gasteiger partial charge in [0.05, 0.1) is 6.04 Å². The minimum atomic E-state index is -0.890. The van der Waals surface area contributed by atoms with E-state index in [4.69, 9.17) is 11.5 Å². The van der Waals surface area contributed by atoms with Gasteiger partial charge in [-0.05, 0) is 18.9 Å². The molecule has 2 amide bonds. The predicted octanol–water partition coefficient (Wildman–Crippen LogP) is 2.30. The molecule has 0 aliphatic carbocycles. The van der Waals surface area contributed by atoms with Crippen LogP contribution < -0.4 is 10.6 Å². The van der Waals surface area contributed by atoms with E-state index < -0.39 is 5.97 Å². The van der Waals surface area contributed by atoms with E-state index in [1.54, 1.807) is 0 Å². The minimum Gasteiger partial charge on any atom is -0.481 e. The van der Waals surface area contributed by atoms with E-state index in [2.05, 4.69) is 16.6 Å². The third kappa shape index (κ3) is 6.48. The third-order valence-electron chi connectivity index (χ3n) is 2.96. The maximum atomic E-state index is 11.9. The van der Waals surface area contributed by atoms with Crippen LogP contribution in [-0.2, 0) is 4.79 Å². The Morgan fingerprint density at radius 3 is 2.52 bits per heavy atom. The first kappa shape index (κ1) is 16.6. The van der Waals surface area contributed by atoms with E-state index in [9.17, 15) is 9.59 Å². The van der Waals surface area contributed by atoms with Gasteiger partial charge in [-0.3, -0.25) is 4.79 Å². The second-order valence-electron chi connectivity index (χ2n) is 4.82. The van der Waals surface area contributed by atoms with Crippen LogP contribution in [0.5, 0.6) is 0 Å². The Bertz CT molecular complexity index is 508. The molecule has 0 saturated carbocycles. The van der Waals surface area contributed by atoms with Crippen molar-refractivity contribution in [2.24, 2.45) is 0 Å². The summed E-state index contributed by atoms with van der Waals surface area (Å²) in [6, 6.07) is 8.46. The van der Waals surface area contributed by atoms with Gasteiger partial charge in [-0.2, -0.15) is 0 Å². The fraction of sp³-hybridized carbons (Fsp3) is 0.375. The average Bonchev–Trinajstić information content (AvgIpc) is 2.44. The van der Waals surface area contributed by atoms with E-state index in [1.165, 1.54) is 0 Å². The van der Waals surface area contributed by atoms with Crippen molar-refractivity contribution in [2.75, 3.05) is 0 Å². The Balaban J connectivity index is 2.67. The van der Waals surface area contributed by atoms with E-state index in [-0.39, 0.29) is 24.5 Å². The van der Waals surface area contributed by atoms with Gasteiger partial charge in [-0.25, -0.2) is 4.79 Å². The maximum absolute atomic E-state index is 11.9. The molecule has 0 spiro atoms. The SMILES string of the molecule is C#CCC(C)NC(=O)NC(CCC(=O)O)c1ccccc1. The maximum Gasteiger partial charge on any atom is 0.315 e. The summed E-state index contributed by atoms with van der Waals surface area (Å²) in [4.78, 5) is 22.7. The Labute approximate surface area is 124 Å². The molecule has 112 valence electrons. The summed E-state index contributed by atoms with van der Waals surface area (Å²) in [6.07, 6.45) is 5.95. The fourth-order valence-electron chi connectivity index (χ4n) is 1.93. The third-order valence-corrected chi connectivity index (χ3v) is 2.96. The Morgan fingerprint density at radius 1 is 1.29 bits per heavy atom. The van der Waals surface area contributed by atoms with Gasteiger partial charge < -0.3 is 15.7 Å². The van der Waals surface area contributed by atoms with Crippen LogP contribution in [0.25, 0.3) is 0 Å². The molecule has 0 aliphatic heterocycles. The zero-order valence-electron chi connectivity index (χ0n) is 12.0. The lowest BCUT2D eigenvalue weighted by molar-refractivity contribution is -0.137. The van der Waals surface area contributed by atoms with Crippen molar-refractivity contribution in [3.05, 3.63) is 35.9 Å². The largest absolute Gasteiger partial charge is 0.481 e. The zero-order chi connectivity index (χ0) is 15.7. The number of carbonyl (C=O) groups excluding carboxylic acids is 1. The smallest absolute Gasteiger partial charge is 0.315 e. The van der Waals surface area contributed by atoms with Crippen LogP contribution in [0.15, 0.2) is 30.3 Å². The van der Waals surface area contributed by atoms with E-state index >= 15 is 0 Å². The molecule has 1 aromatic rings. The predicted molar refractivity (Wildman–Crippen MR) is 80.6 cm³/mol. The van der Waals surface area contributed by atoms with Gasteiger partial charge >= 0.3 is 12.0 Å². The number of aliphatic carboxylic acids is 1. The van der Waals surface area contributed by atoms with Crippen LogP contribution in [-0.4, -0.2) is 23.1 Å². The van der Waals surface area contributed by atoms with Crippen molar-refractivity contribution in [1.29, 1.82) is 0 Å². The number of benzene rings is 1. The summed E-state index contributed by atoms with van der Waals surface area (Å²) in [5, 5.41) is 14.3. The number of urea groups is 1. The first-order valence-electron chi connectivity index (χ1n) is 6.80. The fourth-order valence-corrected chi connectivity index (χ4v) is 1.93. The molecule has 2 atom stereocenters. The first-order chi connectivity index (χ1) is 10.0. The van der Waals surface area contributed by atoms with Gasteiger partial charge in [0.1, 0.15) is 0 Å². The van der Waals surface area contributed by atoms with Crippen molar-refractivity contribution in [3.8, 4) is 12.3 Å². The summed E-state index contributed by atoms with van der Waals surface area (Å²) in [5.74, 6) is 1.59. The van der Waals surface area contributed by atoms with Crippen LogP contribution in [0.3, 0.4) is 0 Å². The molecule has 0 aliphatic rings. The highest BCUT2D eigenvalue weighted by Crippen LogP contribution is 2.18. The van der Waals surface area contributed by atoms with Crippen LogP contribution in [0.2, 0.25) is 0 Å². The minimum absolute atomic E-state index is 0.0141. The molecule has 3 N–H and O–H groups in total. The molecule has 0 heterocycles. The highest BCUT2D eigenvalue weighted by molar-refractivity contribution is 5.75. The van der Waals surface area contributed by atoms with Gasteiger partial charge in [-0.1, -0.05) is 30.3 Å². The summed E-state index contributed by atoms with van der Waals surface area (Å²) in [6.45, 7) is 1.81. The lowest BCUT2D eigenvalue weighted by Crippen LogP contribution is -2.42. The Hall–Kier alpha value is -2.48. The molecule has 0 fully saturated rings. The second-order valence-corrected chi connectivity index (χ2v) is 4.82. The van der Waals surface area contributed by atoms with Crippen LogP contribution in [0.4, 0.5) is 4.79 Å². The van der Waals surface area contributed by atoms with E-state index in [1.807, 2.05) is 37.3 Å². The summed E-state index contributed by atoms with van der Waals surface area (Å²) in [7, 11) is 0. The van der Waals surface area contributed by atoms with Crippen LogP contribution >= 0.6 is 0 Å². The number of rotatable bonds is 7. The molecule has 1 rings (SSSR count).